The van der Waals surface area contributed by atoms with Crippen molar-refractivity contribution in [3.63, 3.8) is 0 Å². The number of anilines is 1. The quantitative estimate of drug-likeness (QED) is 0.880. The molecular formula is C18H21N3O3S. The molecule has 2 atom stereocenters. The first kappa shape index (κ1) is 16.3. The van der Waals surface area contributed by atoms with E-state index in [9.17, 15) is 4.79 Å². The van der Waals surface area contributed by atoms with Crippen LogP contribution in [0.1, 0.15) is 41.5 Å². The van der Waals surface area contributed by atoms with Gasteiger partial charge in [-0.05, 0) is 32.9 Å². The lowest BCUT2D eigenvalue weighted by Crippen LogP contribution is -2.12. The molecule has 0 spiro atoms. The molecule has 0 unspecified atom stereocenters. The smallest absolute Gasteiger partial charge is 0.235 e. The minimum absolute atomic E-state index is 0.0377. The fraction of sp³-hybridized carbons (Fsp3) is 0.444. The number of hydrogen-bond acceptors (Lipinski definition) is 5. The molecule has 25 heavy (non-hydrogen) atoms. The van der Waals surface area contributed by atoms with E-state index in [4.69, 9.17) is 9.47 Å². The molecule has 0 bridgehead atoms. The molecule has 0 radical (unpaired) electrons. The lowest BCUT2D eigenvalue weighted by atomic mass is 10.00. The van der Waals surface area contributed by atoms with Crippen molar-refractivity contribution in [3.05, 3.63) is 34.5 Å². The van der Waals surface area contributed by atoms with Gasteiger partial charge < -0.3 is 14.8 Å². The standard InChI is InChI=1S/C18H21N3O3S/c1-4-23-14-6-11-5-9(2)24-13(11)7-12(14)17-16-10(3)20-21-18(16)19-15(22)8-25-17/h6-7,9,17H,4-5,8H2,1-3H3,(H2,19,20,21,22)/t9-,17+/m1/s1. The average molecular weight is 359 g/mol. The Labute approximate surface area is 150 Å². The summed E-state index contributed by atoms with van der Waals surface area (Å²) in [6.45, 7) is 6.62. The van der Waals surface area contributed by atoms with Gasteiger partial charge in [-0.2, -0.15) is 5.10 Å². The molecule has 3 heterocycles. The number of hydrogen-bond donors (Lipinski definition) is 2. The topological polar surface area (TPSA) is 76.2 Å². The van der Waals surface area contributed by atoms with Crippen molar-refractivity contribution in [2.45, 2.75) is 38.5 Å². The minimum atomic E-state index is -0.0425. The maximum atomic E-state index is 12.0. The summed E-state index contributed by atoms with van der Waals surface area (Å²) in [5.41, 5.74) is 4.16. The molecule has 1 aromatic carbocycles. The number of aromatic amines is 1. The molecule has 2 aliphatic rings. The van der Waals surface area contributed by atoms with Crippen molar-refractivity contribution in [2.75, 3.05) is 17.7 Å². The Morgan fingerprint density at radius 2 is 2.28 bits per heavy atom. The van der Waals surface area contributed by atoms with Crippen LogP contribution in [0.3, 0.4) is 0 Å². The summed E-state index contributed by atoms with van der Waals surface area (Å²) in [6.07, 6.45) is 1.07. The highest BCUT2D eigenvalue weighted by atomic mass is 32.2. The number of aryl methyl sites for hydroxylation is 1. The summed E-state index contributed by atoms with van der Waals surface area (Å²) < 4.78 is 11.9. The number of amides is 1. The Morgan fingerprint density at radius 1 is 1.44 bits per heavy atom. The van der Waals surface area contributed by atoms with Gasteiger partial charge in [0.05, 0.1) is 17.6 Å². The zero-order chi connectivity index (χ0) is 17.6. The van der Waals surface area contributed by atoms with E-state index < -0.39 is 0 Å². The van der Waals surface area contributed by atoms with E-state index in [1.165, 1.54) is 5.56 Å². The van der Waals surface area contributed by atoms with Crippen molar-refractivity contribution in [3.8, 4) is 11.5 Å². The maximum absolute atomic E-state index is 12.0. The monoisotopic (exact) mass is 359 g/mol. The first-order valence-corrected chi connectivity index (χ1v) is 9.54. The van der Waals surface area contributed by atoms with Crippen molar-refractivity contribution < 1.29 is 14.3 Å². The highest BCUT2D eigenvalue weighted by molar-refractivity contribution is 8.00. The van der Waals surface area contributed by atoms with Gasteiger partial charge in [0.15, 0.2) is 5.82 Å². The van der Waals surface area contributed by atoms with Gasteiger partial charge in [-0.3, -0.25) is 9.89 Å². The summed E-state index contributed by atoms with van der Waals surface area (Å²) >= 11 is 1.59. The Morgan fingerprint density at radius 3 is 3.08 bits per heavy atom. The summed E-state index contributed by atoms with van der Waals surface area (Å²) in [5, 5.41) is 10.1. The zero-order valence-electron chi connectivity index (χ0n) is 14.5. The van der Waals surface area contributed by atoms with Gasteiger partial charge in [0.2, 0.25) is 5.91 Å². The highest BCUT2D eigenvalue weighted by Gasteiger charge is 2.32. The third-order valence-electron chi connectivity index (χ3n) is 4.51. The number of H-pyrrole nitrogens is 1. The number of thioether (sulfide) groups is 1. The molecule has 0 saturated carbocycles. The van der Waals surface area contributed by atoms with Crippen LogP contribution in [0.2, 0.25) is 0 Å². The Balaban J connectivity index is 1.85. The molecule has 0 saturated heterocycles. The van der Waals surface area contributed by atoms with E-state index in [2.05, 4.69) is 34.6 Å². The summed E-state index contributed by atoms with van der Waals surface area (Å²) in [6, 6.07) is 4.17. The van der Waals surface area contributed by atoms with Gasteiger partial charge in [-0.15, -0.1) is 11.8 Å². The van der Waals surface area contributed by atoms with Crippen LogP contribution >= 0.6 is 11.8 Å². The number of carbonyl (C=O) groups excluding carboxylic acids is 1. The van der Waals surface area contributed by atoms with Crippen molar-refractivity contribution in [1.82, 2.24) is 10.2 Å². The highest BCUT2D eigenvalue weighted by Crippen LogP contribution is 2.48. The van der Waals surface area contributed by atoms with Crippen LogP contribution in [0.4, 0.5) is 5.82 Å². The molecule has 1 aromatic heterocycles. The second-order valence-corrected chi connectivity index (χ2v) is 7.51. The van der Waals surface area contributed by atoms with E-state index in [1.807, 2.05) is 13.8 Å². The SMILES string of the molecule is CCOc1cc2c(cc1[C@@H]1SCC(=O)Nc3n[nH]c(C)c31)O[C@H](C)C2. The van der Waals surface area contributed by atoms with Crippen molar-refractivity contribution >= 4 is 23.5 Å². The number of ether oxygens (including phenoxy) is 2. The van der Waals surface area contributed by atoms with E-state index in [1.54, 1.807) is 11.8 Å². The van der Waals surface area contributed by atoms with Crippen LogP contribution in [-0.4, -0.2) is 34.6 Å². The van der Waals surface area contributed by atoms with Gasteiger partial charge >= 0.3 is 0 Å². The first-order chi connectivity index (χ1) is 12.1. The predicted molar refractivity (Wildman–Crippen MR) is 97.7 cm³/mol. The molecule has 132 valence electrons. The van der Waals surface area contributed by atoms with Crippen molar-refractivity contribution in [2.24, 2.45) is 0 Å². The first-order valence-electron chi connectivity index (χ1n) is 8.49. The van der Waals surface area contributed by atoms with Gasteiger partial charge in [0.25, 0.3) is 0 Å². The molecule has 4 rings (SSSR count). The van der Waals surface area contributed by atoms with E-state index in [0.29, 0.717) is 18.2 Å². The lowest BCUT2D eigenvalue weighted by molar-refractivity contribution is -0.113. The minimum Gasteiger partial charge on any atom is -0.494 e. The lowest BCUT2D eigenvalue weighted by Gasteiger charge is -2.20. The molecule has 2 aliphatic heterocycles. The fourth-order valence-corrected chi connectivity index (χ4v) is 4.66. The van der Waals surface area contributed by atoms with Crippen LogP contribution in [0.5, 0.6) is 11.5 Å². The van der Waals surface area contributed by atoms with Gasteiger partial charge in [0.1, 0.15) is 17.6 Å². The van der Waals surface area contributed by atoms with Crippen molar-refractivity contribution in [1.29, 1.82) is 0 Å². The second kappa shape index (κ2) is 6.29. The van der Waals surface area contributed by atoms with Crippen LogP contribution in [-0.2, 0) is 11.2 Å². The van der Waals surface area contributed by atoms with Gasteiger partial charge in [-0.1, -0.05) is 0 Å². The number of aromatic nitrogens is 2. The summed E-state index contributed by atoms with van der Waals surface area (Å²) in [4.78, 5) is 12.0. The number of nitrogens with one attached hydrogen (secondary N) is 2. The number of rotatable bonds is 3. The average Bonchev–Trinajstić information content (AvgIpc) is 3.05. The number of fused-ring (bicyclic) bond motifs is 2. The van der Waals surface area contributed by atoms with Gasteiger partial charge in [0, 0.05) is 28.8 Å². The molecule has 2 N–H and O–H groups in total. The van der Waals surface area contributed by atoms with Gasteiger partial charge in [-0.25, -0.2) is 0 Å². The van der Waals surface area contributed by atoms with Crippen LogP contribution in [0, 0.1) is 6.92 Å². The predicted octanol–water partition coefficient (Wildman–Crippen LogP) is 3.21. The van der Waals surface area contributed by atoms with Crippen LogP contribution in [0.15, 0.2) is 12.1 Å². The van der Waals surface area contributed by atoms with E-state index in [-0.39, 0.29) is 17.3 Å². The normalized spacial score (nSPS) is 21.8. The second-order valence-electron chi connectivity index (χ2n) is 6.41. The number of benzene rings is 1. The van der Waals surface area contributed by atoms with Crippen LogP contribution in [0.25, 0.3) is 0 Å². The largest absolute Gasteiger partial charge is 0.494 e. The number of carbonyl (C=O) groups is 1. The molecule has 7 heteroatoms. The number of nitrogens with zero attached hydrogens (tertiary/aromatic N) is 1. The van der Waals surface area contributed by atoms with E-state index >= 15 is 0 Å². The molecular weight excluding hydrogens is 338 g/mol. The molecule has 2 aromatic rings. The van der Waals surface area contributed by atoms with Crippen LogP contribution < -0.4 is 14.8 Å². The molecule has 6 nitrogen and oxygen atoms in total. The molecule has 1 amide bonds. The zero-order valence-corrected chi connectivity index (χ0v) is 15.3. The fourth-order valence-electron chi connectivity index (χ4n) is 3.45. The van der Waals surface area contributed by atoms with E-state index in [0.717, 1.165) is 34.7 Å². The molecule has 0 aliphatic carbocycles. The maximum Gasteiger partial charge on any atom is 0.235 e. The Kier molecular flexibility index (Phi) is 4.11. The summed E-state index contributed by atoms with van der Waals surface area (Å²) in [7, 11) is 0. The Bertz CT molecular complexity index is 833. The third-order valence-corrected chi connectivity index (χ3v) is 5.76. The Hall–Kier alpha value is -2.15. The third kappa shape index (κ3) is 2.86. The summed E-state index contributed by atoms with van der Waals surface area (Å²) in [5.74, 6) is 2.72. The molecule has 0 fully saturated rings.